The molecule has 49 heavy (non-hydrogen) atoms. The molecule has 2 aliphatic rings. The monoisotopic (exact) mass is 700 g/mol. The Morgan fingerprint density at radius 1 is 0.959 bits per heavy atom. The molecule has 5 rings (SSSR count). The first-order valence-electron chi connectivity index (χ1n) is 16.2. The highest BCUT2D eigenvalue weighted by molar-refractivity contribution is 6.30. The Morgan fingerprint density at radius 2 is 1.69 bits per heavy atom. The molecular weight excluding hydrogens is 661 g/mol. The Hall–Kier alpha value is -4.29. The van der Waals surface area contributed by atoms with Crippen LogP contribution in [0.15, 0.2) is 60.7 Å². The first-order valence-corrected chi connectivity index (χ1v) is 16.6. The second-order valence-electron chi connectivity index (χ2n) is 12.3. The zero-order valence-electron chi connectivity index (χ0n) is 27.8. The number of carbonyl (C=O) groups excluding carboxylic acids is 3. The minimum absolute atomic E-state index is 0.00357. The highest BCUT2D eigenvalue weighted by atomic mass is 35.5. The summed E-state index contributed by atoms with van der Waals surface area (Å²) in [7, 11) is 3.34. The van der Waals surface area contributed by atoms with Crippen molar-refractivity contribution in [3.63, 3.8) is 0 Å². The molecule has 262 valence electrons. The summed E-state index contributed by atoms with van der Waals surface area (Å²) in [5, 5.41) is 0.479. The van der Waals surface area contributed by atoms with Gasteiger partial charge in [0.25, 0.3) is 5.91 Å². The number of likely N-dealkylation sites (N-methyl/N-ethyl adjacent to an activating group) is 1. The number of alkyl halides is 3. The molecule has 0 bridgehead atoms. The highest BCUT2D eigenvalue weighted by Crippen LogP contribution is 2.40. The smallest absolute Gasteiger partial charge is 0.471 e. The number of amides is 3. The number of carbonyl (C=O) groups is 3. The van der Waals surface area contributed by atoms with Crippen LogP contribution in [0.25, 0.3) is 0 Å². The molecular formula is C36H40ClF3N4O5. The lowest BCUT2D eigenvalue weighted by atomic mass is 9.90. The first kappa shape index (κ1) is 36.0. The van der Waals surface area contributed by atoms with Crippen molar-refractivity contribution in [1.29, 1.82) is 0 Å². The van der Waals surface area contributed by atoms with Crippen molar-refractivity contribution < 1.29 is 37.0 Å². The molecule has 1 saturated heterocycles. The van der Waals surface area contributed by atoms with E-state index in [-0.39, 0.29) is 41.9 Å². The average Bonchev–Trinajstić information content (AvgIpc) is 3.25. The van der Waals surface area contributed by atoms with Crippen LogP contribution in [0.1, 0.15) is 46.7 Å². The van der Waals surface area contributed by atoms with E-state index in [1.165, 1.54) is 25.3 Å². The van der Waals surface area contributed by atoms with Gasteiger partial charge in [0.05, 0.1) is 19.2 Å². The van der Waals surface area contributed by atoms with Gasteiger partial charge in [0, 0.05) is 61.6 Å². The summed E-state index contributed by atoms with van der Waals surface area (Å²) in [6.07, 6.45) is -3.60. The molecule has 0 radical (unpaired) electrons. The van der Waals surface area contributed by atoms with Gasteiger partial charge >= 0.3 is 12.1 Å². The lowest BCUT2D eigenvalue weighted by Gasteiger charge is -2.33. The Morgan fingerprint density at radius 3 is 2.39 bits per heavy atom. The van der Waals surface area contributed by atoms with Gasteiger partial charge in [0.1, 0.15) is 18.1 Å². The van der Waals surface area contributed by atoms with E-state index in [1.807, 2.05) is 18.0 Å². The fourth-order valence-corrected chi connectivity index (χ4v) is 6.51. The summed E-state index contributed by atoms with van der Waals surface area (Å²) in [5.74, 6) is -2.11. The summed E-state index contributed by atoms with van der Waals surface area (Å²) < 4.78 is 52.3. The zero-order valence-corrected chi connectivity index (χ0v) is 28.5. The minimum Gasteiger partial charge on any atom is -0.496 e. The second kappa shape index (κ2) is 15.5. The molecule has 0 N–H and O–H groups in total. The lowest BCUT2D eigenvalue weighted by molar-refractivity contribution is -0.170. The van der Waals surface area contributed by atoms with Gasteiger partial charge in [-0.1, -0.05) is 29.8 Å². The predicted octanol–water partition coefficient (Wildman–Crippen LogP) is 6.32. The van der Waals surface area contributed by atoms with Gasteiger partial charge in [0.15, 0.2) is 0 Å². The lowest BCUT2D eigenvalue weighted by Crippen LogP contribution is -2.47. The molecule has 3 aromatic rings. The van der Waals surface area contributed by atoms with E-state index in [9.17, 15) is 27.6 Å². The summed E-state index contributed by atoms with van der Waals surface area (Å²) >= 11 is 6.43. The minimum atomic E-state index is -5.15. The van der Waals surface area contributed by atoms with E-state index in [0.29, 0.717) is 53.8 Å². The van der Waals surface area contributed by atoms with Crippen LogP contribution in [0.2, 0.25) is 5.02 Å². The molecule has 13 heteroatoms. The SMILES string of the molecule is COc1cc(N(CCOc2ccccc2C)C(=O)C(F)(F)F)ccc1C(=O)N1CCCC(CC(=O)N2CCN(C)CC2)c2cc(Cl)ccc21. The number of anilines is 2. The van der Waals surface area contributed by atoms with Gasteiger partial charge in [-0.25, -0.2) is 0 Å². The number of benzene rings is 3. The highest BCUT2D eigenvalue weighted by Gasteiger charge is 2.43. The Kier molecular flexibility index (Phi) is 11.4. The normalized spacial score (nSPS) is 16.8. The van der Waals surface area contributed by atoms with Gasteiger partial charge in [-0.2, -0.15) is 13.2 Å². The molecule has 0 aromatic heterocycles. The van der Waals surface area contributed by atoms with Gasteiger partial charge < -0.3 is 29.1 Å². The summed E-state index contributed by atoms with van der Waals surface area (Å²) in [5.41, 5.74) is 2.19. The van der Waals surface area contributed by atoms with Crippen LogP contribution in [0.3, 0.4) is 0 Å². The number of fused-ring (bicyclic) bond motifs is 1. The molecule has 1 unspecified atom stereocenters. The van der Waals surface area contributed by atoms with E-state index < -0.39 is 24.5 Å². The molecule has 1 atom stereocenters. The van der Waals surface area contributed by atoms with E-state index >= 15 is 0 Å². The molecule has 0 spiro atoms. The maximum absolute atomic E-state index is 14.2. The molecule has 1 fully saturated rings. The number of aryl methyl sites for hydroxylation is 1. The van der Waals surface area contributed by atoms with E-state index in [1.54, 1.807) is 48.2 Å². The maximum atomic E-state index is 14.2. The number of ether oxygens (including phenoxy) is 2. The fourth-order valence-electron chi connectivity index (χ4n) is 6.32. The van der Waals surface area contributed by atoms with Crippen LogP contribution in [-0.2, 0) is 9.59 Å². The second-order valence-corrected chi connectivity index (χ2v) is 12.8. The van der Waals surface area contributed by atoms with Crippen molar-refractivity contribution in [2.24, 2.45) is 0 Å². The molecule has 2 aliphatic heterocycles. The van der Waals surface area contributed by atoms with Crippen LogP contribution in [0.5, 0.6) is 11.5 Å². The molecule has 0 aliphatic carbocycles. The zero-order chi connectivity index (χ0) is 35.3. The van der Waals surface area contributed by atoms with Crippen LogP contribution < -0.4 is 19.3 Å². The largest absolute Gasteiger partial charge is 0.496 e. The molecule has 0 saturated carbocycles. The average molecular weight is 701 g/mol. The third kappa shape index (κ3) is 8.48. The fraction of sp³-hybridized carbons (Fsp3) is 0.417. The number of hydrogen-bond donors (Lipinski definition) is 0. The van der Waals surface area contributed by atoms with Crippen molar-refractivity contribution in [2.75, 3.05) is 69.8 Å². The van der Waals surface area contributed by atoms with Gasteiger partial charge in [-0.05, 0) is 80.3 Å². The number of methoxy groups -OCH3 is 1. The Balaban J connectivity index is 1.40. The number of hydrogen-bond acceptors (Lipinski definition) is 6. The summed E-state index contributed by atoms with van der Waals surface area (Å²) in [6, 6.07) is 16.2. The van der Waals surface area contributed by atoms with Crippen LogP contribution >= 0.6 is 11.6 Å². The van der Waals surface area contributed by atoms with Gasteiger partial charge in [-0.3, -0.25) is 14.4 Å². The third-order valence-corrected chi connectivity index (χ3v) is 9.29. The molecule has 3 amide bonds. The van der Waals surface area contributed by atoms with E-state index in [2.05, 4.69) is 4.90 Å². The maximum Gasteiger partial charge on any atom is 0.471 e. The predicted molar refractivity (Wildman–Crippen MR) is 182 cm³/mol. The van der Waals surface area contributed by atoms with Crippen LogP contribution in [0, 0.1) is 6.92 Å². The molecule has 3 aromatic carbocycles. The number of halogens is 4. The van der Waals surface area contributed by atoms with Crippen LogP contribution in [-0.4, -0.2) is 93.7 Å². The van der Waals surface area contributed by atoms with Crippen LogP contribution in [0.4, 0.5) is 24.5 Å². The number of piperazine rings is 1. The van der Waals surface area contributed by atoms with Gasteiger partial charge in [0.2, 0.25) is 5.91 Å². The Bertz CT molecular complexity index is 1680. The third-order valence-electron chi connectivity index (χ3n) is 9.06. The van der Waals surface area contributed by atoms with E-state index in [4.69, 9.17) is 21.1 Å². The quantitative estimate of drug-likeness (QED) is 0.260. The number of para-hydroxylation sites is 1. The summed E-state index contributed by atoms with van der Waals surface area (Å²) in [6.45, 7) is 4.48. The molecule has 9 nitrogen and oxygen atoms in total. The van der Waals surface area contributed by atoms with Crippen molar-refractivity contribution in [3.05, 3.63) is 82.4 Å². The standard InChI is InChI=1S/C36H40ClF3N4O5/c1-24-7-4-5-9-31(24)49-20-19-43(35(47)36(38,39)40)27-11-12-28(32(23-27)48-3)34(46)44-14-6-8-25(29-22-26(37)10-13-30(29)44)21-33(45)42-17-15-41(2)16-18-42/h4-5,7,9-13,22-23,25H,6,8,14-21H2,1-3H3. The Labute approximate surface area is 289 Å². The van der Waals surface area contributed by atoms with Crippen molar-refractivity contribution >= 4 is 40.7 Å². The summed E-state index contributed by atoms with van der Waals surface area (Å²) in [4.78, 5) is 46.3. The van der Waals surface area contributed by atoms with Gasteiger partial charge in [-0.15, -0.1) is 0 Å². The van der Waals surface area contributed by atoms with E-state index in [0.717, 1.165) is 24.2 Å². The number of nitrogens with zero attached hydrogens (tertiary/aromatic N) is 4. The molecule has 2 heterocycles. The first-order chi connectivity index (χ1) is 23.4. The van der Waals surface area contributed by atoms with Crippen molar-refractivity contribution in [2.45, 2.75) is 38.3 Å². The topological polar surface area (TPSA) is 82.6 Å². The van der Waals surface area contributed by atoms with Crippen molar-refractivity contribution in [1.82, 2.24) is 9.80 Å². The number of rotatable bonds is 9. The van der Waals surface area contributed by atoms with Crippen molar-refractivity contribution in [3.8, 4) is 11.5 Å².